The Labute approximate surface area is 103 Å². The average molecular weight is 248 g/mol. The lowest BCUT2D eigenvalue weighted by Gasteiger charge is -2.12. The second kappa shape index (κ2) is 4.48. The van der Waals surface area contributed by atoms with E-state index in [0.29, 0.717) is 5.76 Å². The summed E-state index contributed by atoms with van der Waals surface area (Å²) < 4.78 is 9.68. The molecule has 6 heteroatoms. The van der Waals surface area contributed by atoms with Crippen LogP contribution in [0.5, 0.6) is 5.88 Å². The first kappa shape index (κ1) is 12.1. The van der Waals surface area contributed by atoms with Crippen molar-refractivity contribution < 1.29 is 19.3 Å². The topological polar surface area (TPSA) is 85.5 Å². The van der Waals surface area contributed by atoms with E-state index in [1.165, 1.54) is 0 Å². The number of hydrogen-bond donors (Lipinski definition) is 1. The largest absolute Gasteiger partial charge is 0.476 e. The molecule has 0 saturated carbocycles. The molecule has 0 fully saturated rings. The van der Waals surface area contributed by atoms with Gasteiger partial charge in [0, 0.05) is 5.41 Å². The monoisotopic (exact) mass is 248 g/mol. The van der Waals surface area contributed by atoms with Crippen LogP contribution in [0.2, 0.25) is 0 Å². The fourth-order valence-corrected chi connectivity index (χ4v) is 1.36. The van der Waals surface area contributed by atoms with E-state index < -0.39 is 5.97 Å². The van der Waals surface area contributed by atoms with Crippen LogP contribution in [-0.4, -0.2) is 21.4 Å². The number of allylic oxidation sites excluding steroid dienone is 5. The molecule has 0 saturated heterocycles. The summed E-state index contributed by atoms with van der Waals surface area (Å²) in [6.07, 6.45) is 9.24. The molecule has 18 heavy (non-hydrogen) atoms. The Balaban J connectivity index is 2.20. The Hall–Kier alpha value is -2.37. The minimum absolute atomic E-state index is 0.0840. The van der Waals surface area contributed by atoms with Crippen LogP contribution in [0.4, 0.5) is 0 Å². The third-order valence-corrected chi connectivity index (χ3v) is 2.34. The fourth-order valence-electron chi connectivity index (χ4n) is 1.36. The molecule has 1 N–H and O–H groups in total. The van der Waals surface area contributed by atoms with Crippen LogP contribution in [0, 0.1) is 5.41 Å². The lowest BCUT2D eigenvalue weighted by atomic mass is 9.93. The highest BCUT2D eigenvalue weighted by Gasteiger charge is 2.20. The van der Waals surface area contributed by atoms with Crippen molar-refractivity contribution in [1.82, 2.24) is 10.3 Å². The van der Waals surface area contributed by atoms with Gasteiger partial charge in [0.2, 0.25) is 0 Å². The Morgan fingerprint density at radius 3 is 2.89 bits per heavy atom. The summed E-state index contributed by atoms with van der Waals surface area (Å²) in [6.45, 7) is 4.08. The lowest BCUT2D eigenvalue weighted by Crippen LogP contribution is -2.03. The predicted octanol–water partition coefficient (Wildman–Crippen LogP) is 2.18. The summed E-state index contributed by atoms with van der Waals surface area (Å²) in [7, 11) is 0. The predicted molar refractivity (Wildman–Crippen MR) is 62.0 cm³/mol. The summed E-state index contributed by atoms with van der Waals surface area (Å²) in [4.78, 5) is 10.8. The number of hydrogen-bond acceptors (Lipinski definition) is 5. The Bertz CT molecular complexity index is 552. The quantitative estimate of drug-likeness (QED) is 0.882. The molecule has 1 aromatic rings. The lowest BCUT2D eigenvalue weighted by molar-refractivity contribution is 0.0682. The molecule has 0 amide bonds. The second-order valence-electron chi connectivity index (χ2n) is 4.41. The van der Waals surface area contributed by atoms with Crippen molar-refractivity contribution in [3.63, 3.8) is 0 Å². The number of nitrogens with zero attached hydrogens (tertiary/aromatic N) is 2. The molecule has 0 unspecified atom stereocenters. The third kappa shape index (κ3) is 2.65. The molecule has 1 aliphatic carbocycles. The highest BCUT2D eigenvalue weighted by molar-refractivity contribution is 5.87. The molecule has 1 heterocycles. The van der Waals surface area contributed by atoms with Gasteiger partial charge in [-0.05, 0) is 22.5 Å². The standard InChI is InChI=1S/C12H12N2O4/c1-12(2)6-3-4-8(5-7-12)17-10-9(11(15)16)13-18-14-10/h3-7H,1-2H3,(H,15,16). The van der Waals surface area contributed by atoms with E-state index in [1.54, 1.807) is 12.2 Å². The van der Waals surface area contributed by atoms with Gasteiger partial charge in [0.25, 0.3) is 11.6 Å². The molecule has 0 radical (unpaired) electrons. The Kier molecular flexibility index (Phi) is 3.01. The molecule has 0 spiro atoms. The maximum absolute atomic E-state index is 10.8. The van der Waals surface area contributed by atoms with Crippen LogP contribution in [0.15, 0.2) is 40.8 Å². The number of aromatic nitrogens is 2. The number of carboxylic acids is 1. The van der Waals surface area contributed by atoms with E-state index in [4.69, 9.17) is 9.84 Å². The molecular formula is C12H12N2O4. The van der Waals surface area contributed by atoms with E-state index in [9.17, 15) is 4.79 Å². The van der Waals surface area contributed by atoms with Crippen LogP contribution in [-0.2, 0) is 0 Å². The molecular weight excluding hydrogens is 236 g/mol. The van der Waals surface area contributed by atoms with Crippen LogP contribution >= 0.6 is 0 Å². The van der Waals surface area contributed by atoms with Crippen molar-refractivity contribution in [1.29, 1.82) is 0 Å². The average Bonchev–Trinajstić information content (AvgIpc) is 2.66. The summed E-state index contributed by atoms with van der Waals surface area (Å²) in [5.74, 6) is -0.943. The highest BCUT2D eigenvalue weighted by Crippen LogP contribution is 2.24. The van der Waals surface area contributed by atoms with Gasteiger partial charge in [0.1, 0.15) is 5.76 Å². The van der Waals surface area contributed by atoms with E-state index >= 15 is 0 Å². The molecule has 0 aliphatic heterocycles. The molecule has 0 atom stereocenters. The van der Waals surface area contributed by atoms with Crippen molar-refractivity contribution in [3.05, 3.63) is 41.8 Å². The Morgan fingerprint density at radius 2 is 2.17 bits per heavy atom. The fraction of sp³-hybridized carbons (Fsp3) is 0.250. The smallest absolute Gasteiger partial charge is 0.363 e. The number of aromatic carboxylic acids is 1. The summed E-state index contributed by atoms with van der Waals surface area (Å²) >= 11 is 0. The maximum atomic E-state index is 10.8. The molecule has 0 aromatic carbocycles. The Morgan fingerprint density at radius 1 is 1.39 bits per heavy atom. The number of ether oxygens (including phenoxy) is 1. The van der Waals surface area contributed by atoms with E-state index in [-0.39, 0.29) is 17.0 Å². The molecule has 1 aromatic heterocycles. The van der Waals surface area contributed by atoms with Gasteiger partial charge in [-0.25, -0.2) is 9.42 Å². The minimum Gasteiger partial charge on any atom is -0.476 e. The van der Waals surface area contributed by atoms with E-state index in [1.807, 2.05) is 32.1 Å². The van der Waals surface area contributed by atoms with E-state index in [0.717, 1.165) is 0 Å². The zero-order chi connectivity index (χ0) is 13.2. The summed E-state index contributed by atoms with van der Waals surface area (Å²) in [5, 5.41) is 15.5. The molecule has 6 nitrogen and oxygen atoms in total. The molecule has 2 rings (SSSR count). The zero-order valence-corrected chi connectivity index (χ0v) is 9.95. The van der Waals surface area contributed by atoms with Gasteiger partial charge >= 0.3 is 5.97 Å². The van der Waals surface area contributed by atoms with Gasteiger partial charge in [0.05, 0.1) is 0 Å². The van der Waals surface area contributed by atoms with Crippen LogP contribution < -0.4 is 4.74 Å². The molecule has 0 bridgehead atoms. The van der Waals surface area contributed by atoms with Gasteiger partial charge < -0.3 is 9.84 Å². The van der Waals surface area contributed by atoms with Crippen LogP contribution in [0.25, 0.3) is 0 Å². The summed E-state index contributed by atoms with van der Waals surface area (Å²) in [5.41, 5.74) is -0.434. The highest BCUT2D eigenvalue weighted by atomic mass is 16.6. The summed E-state index contributed by atoms with van der Waals surface area (Å²) in [6, 6.07) is 0. The zero-order valence-electron chi connectivity index (χ0n) is 9.95. The maximum Gasteiger partial charge on any atom is 0.363 e. The first-order valence-corrected chi connectivity index (χ1v) is 5.30. The van der Waals surface area contributed by atoms with Gasteiger partial charge in [-0.2, -0.15) is 0 Å². The third-order valence-electron chi connectivity index (χ3n) is 2.34. The number of rotatable bonds is 3. The number of carboxylic acid groups (broad SMARTS) is 1. The van der Waals surface area contributed by atoms with Crippen LogP contribution in [0.1, 0.15) is 24.3 Å². The first-order valence-electron chi connectivity index (χ1n) is 5.30. The van der Waals surface area contributed by atoms with Gasteiger partial charge in [0.15, 0.2) is 0 Å². The van der Waals surface area contributed by atoms with E-state index in [2.05, 4.69) is 14.9 Å². The second-order valence-corrected chi connectivity index (χ2v) is 4.41. The first-order chi connectivity index (χ1) is 8.48. The normalized spacial score (nSPS) is 17.1. The SMILES string of the molecule is CC1(C)C=CC=C(Oc2nonc2C(=O)O)C=C1. The number of carbonyl (C=O) groups is 1. The van der Waals surface area contributed by atoms with Crippen molar-refractivity contribution in [2.24, 2.45) is 5.41 Å². The van der Waals surface area contributed by atoms with Crippen molar-refractivity contribution >= 4 is 5.97 Å². The van der Waals surface area contributed by atoms with Crippen molar-refractivity contribution in [3.8, 4) is 5.88 Å². The molecule has 1 aliphatic rings. The van der Waals surface area contributed by atoms with Crippen molar-refractivity contribution in [2.45, 2.75) is 13.8 Å². The van der Waals surface area contributed by atoms with Gasteiger partial charge in [-0.1, -0.05) is 32.1 Å². The molecule has 94 valence electrons. The minimum atomic E-state index is -1.25. The van der Waals surface area contributed by atoms with Crippen LogP contribution in [0.3, 0.4) is 0 Å². The van der Waals surface area contributed by atoms with Crippen molar-refractivity contribution in [2.75, 3.05) is 0 Å². The van der Waals surface area contributed by atoms with Gasteiger partial charge in [-0.3, -0.25) is 0 Å². The van der Waals surface area contributed by atoms with Gasteiger partial charge in [-0.15, -0.1) is 0 Å².